The smallest absolute Gasteiger partial charge is 0.123 e. The molecule has 0 bridgehead atoms. The van der Waals surface area contributed by atoms with Crippen molar-refractivity contribution >= 4 is 8.80 Å². The van der Waals surface area contributed by atoms with Crippen molar-refractivity contribution in [2.45, 2.75) is 75.9 Å². The number of hydrogen-bond acceptors (Lipinski definition) is 1. The second-order valence-electron chi connectivity index (χ2n) is 8.12. The van der Waals surface area contributed by atoms with E-state index in [4.69, 9.17) is 4.74 Å². The number of hydrogen-bond donors (Lipinski definition) is 0. The predicted molar refractivity (Wildman–Crippen MR) is 102 cm³/mol. The molecule has 134 valence electrons. The molecule has 0 aromatic heterocycles. The Bertz CT molecular complexity index is 473. The summed E-state index contributed by atoms with van der Waals surface area (Å²) >= 11 is 0. The van der Waals surface area contributed by atoms with Gasteiger partial charge in [0.2, 0.25) is 0 Å². The van der Waals surface area contributed by atoms with Crippen LogP contribution in [-0.2, 0) is 0 Å². The summed E-state index contributed by atoms with van der Waals surface area (Å²) in [5, 5.41) is 0. The van der Waals surface area contributed by atoms with Crippen molar-refractivity contribution in [3.8, 4) is 5.75 Å². The van der Waals surface area contributed by atoms with Gasteiger partial charge in [0.15, 0.2) is 0 Å². The van der Waals surface area contributed by atoms with Gasteiger partial charge in [-0.2, -0.15) is 0 Å². The van der Waals surface area contributed by atoms with E-state index < -0.39 is 8.80 Å². The molecule has 3 rings (SSSR count). The lowest BCUT2D eigenvalue weighted by atomic mass is 9.86. The molecular weight excluding hydrogens is 315 g/mol. The third-order valence-corrected chi connectivity index (χ3v) is 10.6. The largest absolute Gasteiger partial charge is 0.493 e. The Morgan fingerprint density at radius 1 is 0.958 bits per heavy atom. The average Bonchev–Trinajstić information content (AvgIpc) is 2.63. The summed E-state index contributed by atoms with van der Waals surface area (Å²) in [6.07, 6.45) is 11.7. The van der Waals surface area contributed by atoms with Crippen molar-refractivity contribution in [1.29, 1.82) is 0 Å². The molecule has 1 aromatic carbocycles. The maximum absolute atomic E-state index is 12.9. The Kier molecular flexibility index (Phi) is 6.76. The fourth-order valence-corrected chi connectivity index (χ4v) is 9.29. The Morgan fingerprint density at radius 2 is 1.62 bits per heavy atom. The van der Waals surface area contributed by atoms with Gasteiger partial charge in [0.25, 0.3) is 0 Å². The van der Waals surface area contributed by atoms with Crippen LogP contribution < -0.4 is 4.74 Å². The van der Waals surface area contributed by atoms with E-state index in [9.17, 15) is 4.39 Å². The molecule has 1 aromatic rings. The van der Waals surface area contributed by atoms with Crippen LogP contribution in [-0.4, -0.2) is 15.4 Å². The summed E-state index contributed by atoms with van der Waals surface area (Å²) in [4.78, 5) is 0. The maximum atomic E-state index is 12.9. The average molecular weight is 349 g/mol. The summed E-state index contributed by atoms with van der Waals surface area (Å²) in [6, 6.07) is 9.50. The highest BCUT2D eigenvalue weighted by Gasteiger charge is 2.31. The maximum Gasteiger partial charge on any atom is 0.123 e. The number of halogens is 1. The molecule has 0 N–H and O–H groups in total. The van der Waals surface area contributed by atoms with Gasteiger partial charge in [0.1, 0.15) is 11.6 Å². The Hall–Kier alpha value is -0.833. The number of ether oxygens (including phenoxy) is 1. The van der Waals surface area contributed by atoms with Gasteiger partial charge in [0, 0.05) is 8.80 Å². The van der Waals surface area contributed by atoms with Crippen molar-refractivity contribution in [2.75, 3.05) is 6.61 Å². The van der Waals surface area contributed by atoms with Gasteiger partial charge in [-0.1, -0.05) is 57.5 Å². The Labute approximate surface area is 148 Å². The molecule has 1 aliphatic carbocycles. The predicted octanol–water partition coefficient (Wildman–Crippen LogP) is 6.20. The minimum atomic E-state index is -0.504. The first-order chi connectivity index (χ1) is 11.7. The monoisotopic (exact) mass is 348 g/mol. The molecule has 1 saturated carbocycles. The molecule has 2 fully saturated rings. The second kappa shape index (κ2) is 9.03. The highest BCUT2D eigenvalue weighted by atomic mass is 28.3. The molecule has 0 amide bonds. The van der Waals surface area contributed by atoms with Crippen LogP contribution in [0, 0.1) is 17.7 Å². The first-order valence-electron chi connectivity index (χ1n) is 10.1. The third kappa shape index (κ3) is 5.08. The quantitative estimate of drug-likeness (QED) is 0.556. The minimum absolute atomic E-state index is 0.192. The second-order valence-corrected chi connectivity index (χ2v) is 11.7. The lowest BCUT2D eigenvalue weighted by Crippen LogP contribution is -2.31. The zero-order chi connectivity index (χ0) is 16.8. The van der Waals surface area contributed by atoms with E-state index in [1.165, 1.54) is 75.6 Å². The fourth-order valence-electron chi connectivity index (χ4n) is 4.93. The van der Waals surface area contributed by atoms with Gasteiger partial charge in [-0.05, 0) is 54.5 Å². The lowest BCUT2D eigenvalue weighted by molar-refractivity contribution is 0.235. The van der Waals surface area contributed by atoms with E-state index in [1.807, 2.05) is 0 Å². The van der Waals surface area contributed by atoms with Crippen molar-refractivity contribution in [3.05, 3.63) is 30.1 Å². The Morgan fingerprint density at radius 3 is 2.25 bits per heavy atom. The van der Waals surface area contributed by atoms with Crippen LogP contribution in [0.1, 0.15) is 58.3 Å². The van der Waals surface area contributed by atoms with E-state index in [-0.39, 0.29) is 5.82 Å². The van der Waals surface area contributed by atoms with Crippen LogP contribution in [0.2, 0.25) is 17.6 Å². The van der Waals surface area contributed by atoms with Crippen LogP contribution in [0.5, 0.6) is 5.75 Å². The topological polar surface area (TPSA) is 9.23 Å². The lowest BCUT2D eigenvalue weighted by Gasteiger charge is -2.37. The van der Waals surface area contributed by atoms with Crippen LogP contribution >= 0.6 is 0 Å². The fraction of sp³-hybridized carbons (Fsp3) is 0.714. The van der Waals surface area contributed by atoms with E-state index in [0.717, 1.165) is 29.7 Å². The third-order valence-electron chi connectivity index (χ3n) is 6.45. The molecular formula is C21H33FOSi. The Balaban J connectivity index is 1.36. The molecule has 1 saturated heterocycles. The summed E-state index contributed by atoms with van der Waals surface area (Å²) in [6.45, 7) is 3.14. The van der Waals surface area contributed by atoms with Gasteiger partial charge in [-0.25, -0.2) is 4.39 Å². The molecule has 1 nitrogen and oxygen atoms in total. The summed E-state index contributed by atoms with van der Waals surface area (Å²) in [7, 11) is -0.504. The van der Waals surface area contributed by atoms with E-state index in [1.54, 1.807) is 12.1 Å². The van der Waals surface area contributed by atoms with Crippen LogP contribution in [0.25, 0.3) is 0 Å². The first kappa shape index (κ1) is 18.0. The summed E-state index contributed by atoms with van der Waals surface area (Å²) in [5.74, 6) is 2.38. The number of benzene rings is 1. The molecule has 0 radical (unpaired) electrons. The van der Waals surface area contributed by atoms with E-state index >= 15 is 0 Å². The summed E-state index contributed by atoms with van der Waals surface area (Å²) < 4.78 is 18.8. The molecule has 2 aliphatic rings. The van der Waals surface area contributed by atoms with Gasteiger partial charge in [0.05, 0.1) is 6.61 Å². The standard InChI is InChI=1S/C21H33FOSi/c1-2-3-17-4-10-21(11-5-17)24-14-12-18(13-15-24)16-23-20-8-6-19(22)7-9-20/h6-9,17-18,21,24H,2-5,10-16H2,1H3. The summed E-state index contributed by atoms with van der Waals surface area (Å²) in [5.41, 5.74) is 1.14. The van der Waals surface area contributed by atoms with Crippen LogP contribution in [0.15, 0.2) is 24.3 Å². The molecule has 0 spiro atoms. The number of rotatable bonds is 6. The molecule has 0 atom stereocenters. The van der Waals surface area contributed by atoms with Gasteiger partial charge in [-0.3, -0.25) is 0 Å². The first-order valence-corrected chi connectivity index (χ1v) is 12.4. The van der Waals surface area contributed by atoms with E-state index in [2.05, 4.69) is 6.92 Å². The van der Waals surface area contributed by atoms with Gasteiger partial charge >= 0.3 is 0 Å². The van der Waals surface area contributed by atoms with Crippen molar-refractivity contribution < 1.29 is 9.13 Å². The van der Waals surface area contributed by atoms with Crippen molar-refractivity contribution in [2.24, 2.45) is 11.8 Å². The van der Waals surface area contributed by atoms with Crippen molar-refractivity contribution in [3.63, 3.8) is 0 Å². The normalized spacial score (nSPS) is 30.9. The zero-order valence-electron chi connectivity index (χ0n) is 15.2. The molecule has 1 aliphatic heterocycles. The van der Waals surface area contributed by atoms with Gasteiger partial charge < -0.3 is 4.74 Å². The minimum Gasteiger partial charge on any atom is -0.493 e. The van der Waals surface area contributed by atoms with Crippen LogP contribution in [0.3, 0.4) is 0 Å². The highest BCUT2D eigenvalue weighted by Crippen LogP contribution is 2.42. The SMILES string of the molecule is CCCC1CCC([SiH]2CCC(COc3ccc(F)cc3)CC2)CC1. The van der Waals surface area contributed by atoms with Crippen LogP contribution in [0.4, 0.5) is 4.39 Å². The molecule has 0 unspecified atom stereocenters. The molecule has 3 heteroatoms. The highest BCUT2D eigenvalue weighted by molar-refractivity contribution is 6.60. The zero-order valence-corrected chi connectivity index (χ0v) is 16.3. The van der Waals surface area contributed by atoms with E-state index in [0.29, 0.717) is 0 Å². The molecule has 24 heavy (non-hydrogen) atoms. The van der Waals surface area contributed by atoms with Crippen molar-refractivity contribution in [1.82, 2.24) is 0 Å². The molecule has 1 heterocycles. The van der Waals surface area contributed by atoms with Gasteiger partial charge in [-0.15, -0.1) is 0 Å².